The van der Waals surface area contributed by atoms with Crippen molar-refractivity contribution in [2.75, 3.05) is 26.2 Å². The highest BCUT2D eigenvalue weighted by atomic mass is 32.1. The van der Waals surface area contributed by atoms with Crippen molar-refractivity contribution in [1.29, 1.82) is 0 Å². The predicted octanol–water partition coefficient (Wildman–Crippen LogP) is 3.70. The number of carbonyl (C=O) groups excluding carboxylic acids is 2. The first-order valence-electron chi connectivity index (χ1n) is 10.8. The van der Waals surface area contributed by atoms with Crippen LogP contribution in [-0.2, 0) is 18.3 Å². The van der Waals surface area contributed by atoms with Crippen LogP contribution in [0.2, 0.25) is 0 Å². The van der Waals surface area contributed by atoms with Crippen LogP contribution in [0, 0.1) is 5.92 Å². The van der Waals surface area contributed by atoms with Crippen LogP contribution in [0.1, 0.15) is 29.4 Å². The van der Waals surface area contributed by atoms with Gasteiger partial charge in [0.05, 0.1) is 5.92 Å². The van der Waals surface area contributed by atoms with Crippen LogP contribution in [0.4, 0.5) is 0 Å². The predicted molar refractivity (Wildman–Crippen MR) is 123 cm³/mol. The van der Waals surface area contributed by atoms with Crippen LogP contribution in [0.5, 0.6) is 0 Å². The smallest absolute Gasteiger partial charge is 0.272 e. The third-order valence-corrected chi connectivity index (χ3v) is 6.72. The van der Waals surface area contributed by atoms with Gasteiger partial charge >= 0.3 is 0 Å². The first-order valence-corrected chi connectivity index (χ1v) is 11.6. The van der Waals surface area contributed by atoms with E-state index in [1.807, 2.05) is 15.9 Å². The Balaban J connectivity index is 1.54. The number of amides is 2. The minimum Gasteiger partial charge on any atom is -0.341 e. The minimum atomic E-state index is -0.251. The van der Waals surface area contributed by atoms with Crippen molar-refractivity contribution in [3.63, 3.8) is 0 Å². The van der Waals surface area contributed by atoms with Gasteiger partial charge in [-0.3, -0.25) is 14.3 Å². The summed E-state index contributed by atoms with van der Waals surface area (Å²) in [5, 5.41) is 6.20. The van der Waals surface area contributed by atoms with Crippen LogP contribution in [-0.4, -0.2) is 57.6 Å². The Kier molecular flexibility index (Phi) is 6.51. The number of hydrogen-bond acceptors (Lipinski definition) is 4. The molecule has 3 aromatic rings. The summed E-state index contributed by atoms with van der Waals surface area (Å²) in [6.45, 7) is 4.35. The zero-order chi connectivity index (χ0) is 21.8. The van der Waals surface area contributed by atoms with Gasteiger partial charge in [0.1, 0.15) is 5.69 Å². The lowest BCUT2D eigenvalue weighted by Gasteiger charge is -2.24. The fraction of sp³-hybridized carbons (Fsp3) is 0.375. The third-order valence-electron chi connectivity index (χ3n) is 5.80. The number of thiophene rings is 1. The Bertz CT molecular complexity index is 1030. The molecule has 2 aromatic heterocycles. The zero-order valence-electron chi connectivity index (χ0n) is 18.0. The van der Waals surface area contributed by atoms with Gasteiger partial charge in [-0.2, -0.15) is 5.10 Å². The SMILES string of the molecule is CCCN1CCN(C(=O)c2ccnn2C)C[C@H](Cc2ccc(-c3cccs3)cc2)C1=O. The molecule has 0 saturated carbocycles. The van der Waals surface area contributed by atoms with E-state index in [1.54, 1.807) is 35.3 Å². The quantitative estimate of drug-likeness (QED) is 0.592. The topological polar surface area (TPSA) is 58.4 Å². The average molecular weight is 437 g/mol. The van der Waals surface area contributed by atoms with Gasteiger partial charge in [0.15, 0.2) is 0 Å². The average Bonchev–Trinajstić information content (AvgIpc) is 3.43. The molecule has 0 N–H and O–H groups in total. The molecule has 31 heavy (non-hydrogen) atoms. The molecule has 4 rings (SSSR count). The fourth-order valence-corrected chi connectivity index (χ4v) is 4.88. The Morgan fingerprint density at radius 3 is 2.61 bits per heavy atom. The third kappa shape index (κ3) is 4.71. The van der Waals surface area contributed by atoms with Gasteiger partial charge in [-0.15, -0.1) is 11.3 Å². The lowest BCUT2D eigenvalue weighted by atomic mass is 9.96. The molecular weight excluding hydrogens is 408 g/mol. The second kappa shape index (κ2) is 9.47. The largest absolute Gasteiger partial charge is 0.341 e. The molecule has 1 fully saturated rings. The fourth-order valence-electron chi connectivity index (χ4n) is 4.15. The number of nitrogens with zero attached hydrogens (tertiary/aromatic N) is 4. The van der Waals surface area contributed by atoms with Gasteiger partial charge in [0.25, 0.3) is 5.91 Å². The first kappa shape index (κ1) is 21.3. The Morgan fingerprint density at radius 2 is 1.97 bits per heavy atom. The molecule has 0 unspecified atom stereocenters. The number of benzene rings is 1. The van der Waals surface area contributed by atoms with Crippen molar-refractivity contribution in [2.24, 2.45) is 13.0 Å². The molecule has 7 heteroatoms. The van der Waals surface area contributed by atoms with Crippen molar-refractivity contribution in [3.05, 3.63) is 65.3 Å². The molecule has 3 heterocycles. The second-order valence-electron chi connectivity index (χ2n) is 7.99. The molecule has 0 spiro atoms. The molecule has 1 atom stereocenters. The highest BCUT2D eigenvalue weighted by molar-refractivity contribution is 7.13. The second-order valence-corrected chi connectivity index (χ2v) is 8.94. The van der Waals surface area contributed by atoms with E-state index in [9.17, 15) is 9.59 Å². The highest BCUT2D eigenvalue weighted by Gasteiger charge is 2.33. The number of hydrogen-bond donors (Lipinski definition) is 0. The van der Waals surface area contributed by atoms with E-state index in [-0.39, 0.29) is 17.7 Å². The molecule has 1 aromatic carbocycles. The van der Waals surface area contributed by atoms with Crippen LogP contribution in [0.15, 0.2) is 54.0 Å². The Morgan fingerprint density at radius 1 is 1.16 bits per heavy atom. The summed E-state index contributed by atoms with van der Waals surface area (Å²) >= 11 is 1.72. The summed E-state index contributed by atoms with van der Waals surface area (Å²) in [5.74, 6) is -0.174. The van der Waals surface area contributed by atoms with Crippen LogP contribution >= 0.6 is 11.3 Å². The van der Waals surface area contributed by atoms with E-state index < -0.39 is 0 Å². The number of carbonyl (C=O) groups is 2. The number of rotatable bonds is 6. The molecule has 2 amide bonds. The molecule has 162 valence electrons. The highest BCUT2D eigenvalue weighted by Crippen LogP contribution is 2.26. The Hall–Kier alpha value is -2.93. The zero-order valence-corrected chi connectivity index (χ0v) is 18.8. The van der Waals surface area contributed by atoms with Gasteiger partial charge in [-0.1, -0.05) is 37.3 Å². The summed E-state index contributed by atoms with van der Waals surface area (Å²) in [6.07, 6.45) is 3.16. The van der Waals surface area contributed by atoms with Crippen LogP contribution < -0.4 is 0 Å². The maximum Gasteiger partial charge on any atom is 0.272 e. The number of aromatic nitrogens is 2. The Labute approximate surface area is 187 Å². The lowest BCUT2D eigenvalue weighted by Crippen LogP contribution is -2.38. The van der Waals surface area contributed by atoms with Crippen molar-refractivity contribution < 1.29 is 9.59 Å². The van der Waals surface area contributed by atoms with Crippen molar-refractivity contribution in [3.8, 4) is 10.4 Å². The molecule has 6 nitrogen and oxygen atoms in total. The van der Waals surface area contributed by atoms with Crippen LogP contribution in [0.3, 0.4) is 0 Å². The maximum atomic E-state index is 13.3. The maximum absolute atomic E-state index is 13.3. The minimum absolute atomic E-state index is 0.0656. The van der Waals surface area contributed by atoms with Gasteiger partial charge in [-0.25, -0.2) is 0 Å². The van der Waals surface area contributed by atoms with Gasteiger partial charge < -0.3 is 9.80 Å². The summed E-state index contributed by atoms with van der Waals surface area (Å²) in [4.78, 5) is 31.4. The molecule has 1 aliphatic heterocycles. The van der Waals surface area contributed by atoms with Crippen LogP contribution in [0.25, 0.3) is 10.4 Å². The van der Waals surface area contributed by atoms with E-state index in [1.165, 1.54) is 10.4 Å². The van der Waals surface area contributed by atoms with Crippen molar-refractivity contribution in [1.82, 2.24) is 19.6 Å². The summed E-state index contributed by atoms with van der Waals surface area (Å²) in [5.41, 5.74) is 2.85. The summed E-state index contributed by atoms with van der Waals surface area (Å²) < 4.78 is 1.59. The summed E-state index contributed by atoms with van der Waals surface area (Å²) in [6, 6.07) is 14.3. The monoisotopic (exact) mass is 436 g/mol. The van der Waals surface area contributed by atoms with E-state index in [4.69, 9.17) is 0 Å². The summed E-state index contributed by atoms with van der Waals surface area (Å²) in [7, 11) is 1.77. The van der Waals surface area contributed by atoms with Crippen molar-refractivity contribution in [2.45, 2.75) is 19.8 Å². The number of aryl methyl sites for hydroxylation is 1. The normalized spacial score (nSPS) is 17.1. The standard InChI is InChI=1S/C24H28N4O2S/c1-3-12-27-13-14-28(24(30)21-10-11-25-26(21)2)17-20(23(27)29)16-18-6-8-19(9-7-18)22-5-4-15-31-22/h4-11,15,20H,3,12-14,16-17H2,1-2H3/t20-/m0/s1. The molecule has 0 aliphatic carbocycles. The molecule has 1 aliphatic rings. The molecular formula is C24H28N4O2S. The van der Waals surface area contributed by atoms with E-state index in [0.29, 0.717) is 31.7 Å². The first-order chi connectivity index (χ1) is 15.1. The van der Waals surface area contributed by atoms with E-state index in [0.717, 1.165) is 18.5 Å². The van der Waals surface area contributed by atoms with Gasteiger partial charge in [0.2, 0.25) is 5.91 Å². The van der Waals surface area contributed by atoms with Gasteiger partial charge in [-0.05, 0) is 41.5 Å². The van der Waals surface area contributed by atoms with E-state index in [2.05, 4.69) is 47.7 Å². The molecule has 0 radical (unpaired) electrons. The molecule has 0 bridgehead atoms. The van der Waals surface area contributed by atoms with Gasteiger partial charge in [0, 0.05) is 44.3 Å². The molecule has 1 saturated heterocycles. The van der Waals surface area contributed by atoms with Crippen molar-refractivity contribution >= 4 is 23.2 Å². The van der Waals surface area contributed by atoms with E-state index >= 15 is 0 Å². The lowest BCUT2D eigenvalue weighted by molar-refractivity contribution is -0.134.